The van der Waals surface area contributed by atoms with Gasteiger partial charge in [-0.25, -0.2) is 4.39 Å². The normalized spacial score (nSPS) is 15.0. The molecule has 1 aromatic rings. The van der Waals surface area contributed by atoms with Gasteiger partial charge >= 0.3 is 0 Å². The molecule has 0 aromatic heterocycles. The van der Waals surface area contributed by atoms with Gasteiger partial charge in [0.05, 0.1) is 5.02 Å². The average Bonchev–Trinajstić information content (AvgIpc) is 2.23. The van der Waals surface area contributed by atoms with E-state index in [0.29, 0.717) is 6.54 Å². The van der Waals surface area contributed by atoms with E-state index in [4.69, 9.17) is 23.1 Å². The van der Waals surface area contributed by atoms with Crippen molar-refractivity contribution >= 4 is 11.6 Å². The van der Waals surface area contributed by atoms with Crippen molar-refractivity contribution in [2.24, 2.45) is 17.4 Å². The molecule has 84 valence electrons. The first-order chi connectivity index (χ1) is 7.10. The zero-order valence-electron chi connectivity index (χ0n) is 8.71. The van der Waals surface area contributed by atoms with Crippen molar-refractivity contribution in [2.75, 3.05) is 6.54 Å². The van der Waals surface area contributed by atoms with Gasteiger partial charge in [0.15, 0.2) is 0 Å². The molecule has 2 nitrogen and oxygen atoms in total. The number of nitrogens with two attached hydrogens (primary N) is 2. The summed E-state index contributed by atoms with van der Waals surface area (Å²) in [6, 6.07) is 4.38. The predicted octanol–water partition coefficient (Wildman–Crippen LogP) is 2.46. The van der Waals surface area contributed by atoms with Crippen LogP contribution in [-0.4, -0.2) is 6.54 Å². The van der Waals surface area contributed by atoms with Gasteiger partial charge in [-0.15, -0.1) is 0 Å². The molecule has 0 fully saturated rings. The quantitative estimate of drug-likeness (QED) is 0.835. The topological polar surface area (TPSA) is 52.0 Å². The Morgan fingerprint density at radius 3 is 2.60 bits per heavy atom. The molecule has 0 radical (unpaired) electrons. The third-order valence-electron chi connectivity index (χ3n) is 2.66. The number of halogens is 2. The van der Waals surface area contributed by atoms with Gasteiger partial charge in [0.1, 0.15) is 5.82 Å². The molecule has 0 saturated carbocycles. The maximum atomic E-state index is 12.9. The Labute approximate surface area is 94.4 Å². The van der Waals surface area contributed by atoms with E-state index in [0.717, 1.165) is 12.0 Å². The van der Waals surface area contributed by atoms with Crippen molar-refractivity contribution in [1.29, 1.82) is 0 Å². The molecular formula is C11H16ClFN2. The fourth-order valence-corrected chi connectivity index (χ4v) is 1.75. The Balaban J connectivity index is 2.90. The van der Waals surface area contributed by atoms with Gasteiger partial charge < -0.3 is 11.5 Å². The molecule has 0 aliphatic carbocycles. The molecule has 4 N–H and O–H groups in total. The smallest absolute Gasteiger partial charge is 0.141 e. The van der Waals surface area contributed by atoms with Crippen molar-refractivity contribution < 1.29 is 4.39 Å². The number of rotatable bonds is 4. The molecule has 2 unspecified atom stereocenters. The number of benzene rings is 1. The van der Waals surface area contributed by atoms with Crippen LogP contribution in [0.5, 0.6) is 0 Å². The van der Waals surface area contributed by atoms with Gasteiger partial charge in [-0.1, -0.05) is 31.0 Å². The highest BCUT2D eigenvalue weighted by atomic mass is 35.5. The zero-order chi connectivity index (χ0) is 11.4. The molecule has 2 atom stereocenters. The Morgan fingerprint density at radius 1 is 1.47 bits per heavy atom. The summed E-state index contributed by atoms with van der Waals surface area (Å²) in [5.41, 5.74) is 12.5. The van der Waals surface area contributed by atoms with Crippen LogP contribution in [0.3, 0.4) is 0 Å². The van der Waals surface area contributed by atoms with Gasteiger partial charge in [-0.2, -0.15) is 0 Å². The minimum absolute atomic E-state index is 0.106. The number of hydrogen-bond donors (Lipinski definition) is 2. The summed E-state index contributed by atoms with van der Waals surface area (Å²) < 4.78 is 12.9. The van der Waals surface area contributed by atoms with Crippen LogP contribution in [0.4, 0.5) is 4.39 Å². The summed E-state index contributed by atoms with van der Waals surface area (Å²) in [4.78, 5) is 0. The first-order valence-electron chi connectivity index (χ1n) is 5.00. The van der Waals surface area contributed by atoms with Crippen LogP contribution in [0.1, 0.15) is 24.9 Å². The van der Waals surface area contributed by atoms with Gasteiger partial charge in [-0.05, 0) is 30.2 Å². The standard InChI is InChI=1S/C11H16ClFN2/c1-2-7(6-14)11(15)8-3-4-10(13)9(12)5-8/h3-5,7,11H,2,6,14-15H2,1H3. The van der Waals surface area contributed by atoms with E-state index in [1.165, 1.54) is 6.07 Å². The van der Waals surface area contributed by atoms with E-state index in [1.54, 1.807) is 12.1 Å². The highest BCUT2D eigenvalue weighted by molar-refractivity contribution is 6.30. The molecular weight excluding hydrogens is 215 g/mol. The van der Waals surface area contributed by atoms with Crippen LogP contribution in [-0.2, 0) is 0 Å². The molecule has 1 rings (SSSR count). The largest absolute Gasteiger partial charge is 0.330 e. The van der Waals surface area contributed by atoms with Gasteiger partial charge in [0, 0.05) is 6.04 Å². The maximum absolute atomic E-state index is 12.9. The van der Waals surface area contributed by atoms with Crippen LogP contribution in [0.25, 0.3) is 0 Å². The minimum Gasteiger partial charge on any atom is -0.330 e. The molecule has 0 amide bonds. The lowest BCUT2D eigenvalue weighted by Crippen LogP contribution is -2.27. The summed E-state index contributed by atoms with van der Waals surface area (Å²) in [7, 11) is 0. The Bertz CT molecular complexity index is 326. The second-order valence-electron chi connectivity index (χ2n) is 3.60. The highest BCUT2D eigenvalue weighted by Crippen LogP contribution is 2.25. The summed E-state index contributed by atoms with van der Waals surface area (Å²) in [5.74, 6) is -0.222. The lowest BCUT2D eigenvalue weighted by atomic mass is 9.92. The second kappa shape index (κ2) is 5.45. The fourth-order valence-electron chi connectivity index (χ4n) is 1.56. The van der Waals surface area contributed by atoms with E-state index in [9.17, 15) is 4.39 Å². The zero-order valence-corrected chi connectivity index (χ0v) is 9.47. The molecule has 4 heteroatoms. The minimum atomic E-state index is -0.423. The van der Waals surface area contributed by atoms with E-state index in [1.807, 2.05) is 6.92 Å². The highest BCUT2D eigenvalue weighted by Gasteiger charge is 2.17. The van der Waals surface area contributed by atoms with Gasteiger partial charge in [0.2, 0.25) is 0 Å². The Kier molecular flexibility index (Phi) is 4.51. The summed E-state index contributed by atoms with van der Waals surface area (Å²) in [6.45, 7) is 2.55. The monoisotopic (exact) mass is 230 g/mol. The molecule has 0 saturated heterocycles. The fraction of sp³-hybridized carbons (Fsp3) is 0.455. The molecule has 0 spiro atoms. The Hall–Kier alpha value is -0.640. The lowest BCUT2D eigenvalue weighted by Gasteiger charge is -2.21. The summed E-state index contributed by atoms with van der Waals surface area (Å²) in [5, 5.41) is 0.106. The van der Waals surface area contributed by atoms with Gasteiger partial charge in [0.25, 0.3) is 0 Å². The second-order valence-corrected chi connectivity index (χ2v) is 4.01. The lowest BCUT2D eigenvalue weighted by molar-refractivity contribution is 0.427. The van der Waals surface area contributed by atoms with E-state index in [-0.39, 0.29) is 17.0 Å². The summed E-state index contributed by atoms with van der Waals surface area (Å²) >= 11 is 5.69. The summed E-state index contributed by atoms with van der Waals surface area (Å²) in [6.07, 6.45) is 0.895. The average molecular weight is 231 g/mol. The Morgan fingerprint density at radius 2 is 2.13 bits per heavy atom. The van der Waals surface area contributed by atoms with Crippen LogP contribution < -0.4 is 11.5 Å². The van der Waals surface area contributed by atoms with Crippen LogP contribution in [0.2, 0.25) is 5.02 Å². The number of hydrogen-bond acceptors (Lipinski definition) is 2. The maximum Gasteiger partial charge on any atom is 0.141 e. The van der Waals surface area contributed by atoms with Crippen molar-refractivity contribution in [2.45, 2.75) is 19.4 Å². The molecule has 0 aliphatic heterocycles. The van der Waals surface area contributed by atoms with E-state index >= 15 is 0 Å². The molecule has 15 heavy (non-hydrogen) atoms. The van der Waals surface area contributed by atoms with Crippen molar-refractivity contribution in [3.63, 3.8) is 0 Å². The van der Waals surface area contributed by atoms with Gasteiger partial charge in [-0.3, -0.25) is 0 Å². The van der Waals surface area contributed by atoms with Crippen LogP contribution in [0, 0.1) is 11.7 Å². The molecule has 0 bridgehead atoms. The molecule has 0 aliphatic rings. The molecule has 0 heterocycles. The third kappa shape index (κ3) is 2.91. The van der Waals surface area contributed by atoms with E-state index < -0.39 is 5.82 Å². The third-order valence-corrected chi connectivity index (χ3v) is 2.95. The van der Waals surface area contributed by atoms with Crippen molar-refractivity contribution in [3.8, 4) is 0 Å². The molecule has 1 aromatic carbocycles. The van der Waals surface area contributed by atoms with Crippen LogP contribution >= 0.6 is 11.6 Å². The SMILES string of the molecule is CCC(CN)C(N)c1ccc(F)c(Cl)c1. The van der Waals surface area contributed by atoms with Crippen molar-refractivity contribution in [3.05, 3.63) is 34.6 Å². The van der Waals surface area contributed by atoms with Crippen LogP contribution in [0.15, 0.2) is 18.2 Å². The van der Waals surface area contributed by atoms with E-state index in [2.05, 4.69) is 0 Å². The van der Waals surface area contributed by atoms with Crippen molar-refractivity contribution in [1.82, 2.24) is 0 Å². The first kappa shape index (κ1) is 12.4. The first-order valence-corrected chi connectivity index (χ1v) is 5.38. The predicted molar refractivity (Wildman–Crippen MR) is 61.2 cm³/mol.